The monoisotopic (exact) mass is 420 g/mol. The summed E-state index contributed by atoms with van der Waals surface area (Å²) in [5, 5.41) is 30.4. The molecular formula is C22H28O8. The fourth-order valence-electron chi connectivity index (χ4n) is 3.97. The molecule has 1 heterocycles. The van der Waals surface area contributed by atoms with Crippen LogP contribution in [0.25, 0.3) is 0 Å². The second-order valence-corrected chi connectivity index (χ2v) is 7.19. The molecule has 30 heavy (non-hydrogen) atoms. The highest BCUT2D eigenvalue weighted by Crippen LogP contribution is 2.46. The van der Waals surface area contributed by atoms with E-state index in [1.807, 2.05) is 0 Å². The van der Waals surface area contributed by atoms with Crippen LogP contribution >= 0.6 is 0 Å². The van der Waals surface area contributed by atoms with Crippen LogP contribution in [0.4, 0.5) is 0 Å². The van der Waals surface area contributed by atoms with Crippen molar-refractivity contribution in [2.24, 2.45) is 11.8 Å². The number of phenolic OH excluding ortho intramolecular Hbond substituents is 2. The standard InChI is InChI=1S/C22H28O8/c1-26-16-6-12(7-17(27-2)20(16)24)5-14-11-30-22(15(14)10-23)13-8-18(28-3)21(25)19(9-13)29-4/h6-9,14-15,22-25H,5,10-11H2,1-4H3/t14-,15-,22+/m1/s1. The maximum atomic E-state index is 10.2. The molecule has 1 saturated heterocycles. The Hall–Kier alpha value is -2.84. The van der Waals surface area contributed by atoms with Crippen molar-refractivity contribution >= 4 is 0 Å². The third-order valence-corrected chi connectivity index (χ3v) is 5.56. The van der Waals surface area contributed by atoms with Gasteiger partial charge in [-0.25, -0.2) is 0 Å². The summed E-state index contributed by atoms with van der Waals surface area (Å²) in [5.41, 5.74) is 1.65. The second kappa shape index (κ2) is 9.32. The van der Waals surface area contributed by atoms with E-state index >= 15 is 0 Å². The number of aliphatic hydroxyl groups excluding tert-OH is 1. The maximum Gasteiger partial charge on any atom is 0.200 e. The summed E-state index contributed by atoms with van der Waals surface area (Å²) in [7, 11) is 5.89. The molecular weight excluding hydrogens is 392 g/mol. The summed E-state index contributed by atoms with van der Waals surface area (Å²) in [6.45, 7) is 0.361. The molecule has 3 atom stereocenters. The molecule has 8 nitrogen and oxygen atoms in total. The van der Waals surface area contributed by atoms with Gasteiger partial charge in [-0.2, -0.15) is 0 Å². The van der Waals surface area contributed by atoms with Crippen molar-refractivity contribution in [3.63, 3.8) is 0 Å². The maximum absolute atomic E-state index is 10.2. The van der Waals surface area contributed by atoms with Crippen molar-refractivity contribution in [3.05, 3.63) is 35.4 Å². The highest BCUT2D eigenvalue weighted by atomic mass is 16.5. The highest BCUT2D eigenvalue weighted by Gasteiger charge is 2.38. The van der Waals surface area contributed by atoms with Crippen molar-refractivity contribution < 1.29 is 39.0 Å². The van der Waals surface area contributed by atoms with E-state index in [1.54, 1.807) is 24.3 Å². The van der Waals surface area contributed by atoms with Gasteiger partial charge in [-0.3, -0.25) is 0 Å². The van der Waals surface area contributed by atoms with Gasteiger partial charge in [0.15, 0.2) is 23.0 Å². The largest absolute Gasteiger partial charge is 0.502 e. The Bertz CT molecular complexity index is 831. The zero-order valence-electron chi connectivity index (χ0n) is 17.5. The minimum absolute atomic E-state index is 0.0183. The lowest BCUT2D eigenvalue weighted by atomic mass is 9.84. The molecule has 1 aliphatic rings. The summed E-state index contributed by atoms with van der Waals surface area (Å²) in [6.07, 6.45) is 0.213. The lowest BCUT2D eigenvalue weighted by Gasteiger charge is -2.23. The van der Waals surface area contributed by atoms with E-state index in [0.717, 1.165) is 11.1 Å². The highest BCUT2D eigenvalue weighted by molar-refractivity contribution is 5.54. The Kier molecular flexibility index (Phi) is 6.79. The van der Waals surface area contributed by atoms with Crippen LogP contribution < -0.4 is 18.9 Å². The number of methoxy groups -OCH3 is 4. The molecule has 1 fully saturated rings. The molecule has 0 radical (unpaired) electrons. The third kappa shape index (κ3) is 4.06. The molecule has 0 unspecified atom stereocenters. The zero-order chi connectivity index (χ0) is 21.8. The molecule has 1 aliphatic heterocycles. The lowest BCUT2D eigenvalue weighted by molar-refractivity contribution is 0.0715. The summed E-state index contributed by atoms with van der Waals surface area (Å²) in [6, 6.07) is 6.90. The third-order valence-electron chi connectivity index (χ3n) is 5.56. The van der Waals surface area contributed by atoms with E-state index in [2.05, 4.69) is 0 Å². The van der Waals surface area contributed by atoms with E-state index in [4.69, 9.17) is 23.7 Å². The van der Waals surface area contributed by atoms with Crippen LogP contribution in [0.1, 0.15) is 17.2 Å². The average Bonchev–Trinajstić information content (AvgIpc) is 3.17. The van der Waals surface area contributed by atoms with Gasteiger partial charge in [0.25, 0.3) is 0 Å². The molecule has 0 aliphatic carbocycles. The van der Waals surface area contributed by atoms with Crippen LogP contribution in [-0.4, -0.2) is 57.0 Å². The quantitative estimate of drug-likeness (QED) is 0.598. The van der Waals surface area contributed by atoms with Gasteiger partial charge in [-0.1, -0.05) is 0 Å². The Labute approximate surface area is 175 Å². The second-order valence-electron chi connectivity index (χ2n) is 7.19. The van der Waals surface area contributed by atoms with Crippen LogP contribution in [0.2, 0.25) is 0 Å². The molecule has 8 heteroatoms. The first-order valence-electron chi connectivity index (χ1n) is 9.58. The summed E-state index contributed by atoms with van der Waals surface area (Å²) >= 11 is 0. The van der Waals surface area contributed by atoms with E-state index < -0.39 is 0 Å². The molecule has 2 aromatic rings. The van der Waals surface area contributed by atoms with Crippen molar-refractivity contribution in [1.82, 2.24) is 0 Å². The molecule has 0 saturated carbocycles. The number of hydrogen-bond donors (Lipinski definition) is 3. The number of rotatable bonds is 8. The Morgan fingerprint density at radius 1 is 0.833 bits per heavy atom. The van der Waals surface area contributed by atoms with E-state index in [9.17, 15) is 15.3 Å². The van der Waals surface area contributed by atoms with Crippen LogP contribution in [0, 0.1) is 11.8 Å². The molecule has 3 N–H and O–H groups in total. The predicted molar refractivity (Wildman–Crippen MR) is 109 cm³/mol. The first kappa shape index (κ1) is 21.9. The van der Waals surface area contributed by atoms with Gasteiger partial charge < -0.3 is 39.0 Å². The Balaban J connectivity index is 1.88. The van der Waals surface area contributed by atoms with Gasteiger partial charge in [0.05, 0.1) is 41.2 Å². The van der Waals surface area contributed by atoms with Crippen LogP contribution in [-0.2, 0) is 11.2 Å². The van der Waals surface area contributed by atoms with Gasteiger partial charge in [0, 0.05) is 12.5 Å². The van der Waals surface area contributed by atoms with Gasteiger partial charge >= 0.3 is 0 Å². The molecule has 2 aromatic carbocycles. The lowest BCUT2D eigenvalue weighted by Crippen LogP contribution is -2.21. The van der Waals surface area contributed by atoms with E-state index in [1.165, 1.54) is 28.4 Å². The zero-order valence-corrected chi connectivity index (χ0v) is 17.5. The Morgan fingerprint density at radius 3 is 1.73 bits per heavy atom. The molecule has 0 aromatic heterocycles. The molecule has 0 bridgehead atoms. The van der Waals surface area contributed by atoms with Crippen molar-refractivity contribution in [1.29, 1.82) is 0 Å². The summed E-state index contributed by atoms with van der Waals surface area (Å²) in [4.78, 5) is 0. The van der Waals surface area contributed by atoms with E-state index in [0.29, 0.717) is 24.5 Å². The summed E-state index contributed by atoms with van der Waals surface area (Å²) in [5.74, 6) is 0.914. The van der Waals surface area contributed by atoms with Gasteiger partial charge in [-0.15, -0.1) is 0 Å². The van der Waals surface area contributed by atoms with Crippen molar-refractivity contribution in [2.45, 2.75) is 12.5 Å². The number of phenols is 2. The molecule has 164 valence electrons. The van der Waals surface area contributed by atoms with E-state index in [-0.39, 0.29) is 47.5 Å². The number of aliphatic hydroxyl groups is 1. The Morgan fingerprint density at radius 2 is 1.30 bits per heavy atom. The normalized spacial score (nSPS) is 20.8. The van der Waals surface area contributed by atoms with Crippen molar-refractivity contribution in [2.75, 3.05) is 41.7 Å². The van der Waals surface area contributed by atoms with Crippen LogP contribution in [0.15, 0.2) is 24.3 Å². The molecule has 0 amide bonds. The predicted octanol–water partition coefficient (Wildman–Crippen LogP) is 2.67. The first-order chi connectivity index (χ1) is 14.5. The molecule has 3 rings (SSSR count). The minimum Gasteiger partial charge on any atom is -0.502 e. The minimum atomic E-state index is -0.385. The van der Waals surface area contributed by atoms with Gasteiger partial charge in [-0.05, 0) is 47.7 Å². The number of benzene rings is 2. The SMILES string of the molecule is COc1cc(C[C@@H]2CO[C@@H](c3cc(OC)c(O)c(OC)c3)[C@@H]2CO)cc(OC)c1O. The number of aromatic hydroxyl groups is 2. The molecule has 0 spiro atoms. The fourth-order valence-corrected chi connectivity index (χ4v) is 3.97. The topological polar surface area (TPSA) is 107 Å². The number of hydrogen-bond acceptors (Lipinski definition) is 8. The first-order valence-corrected chi connectivity index (χ1v) is 9.58. The summed E-state index contributed by atoms with van der Waals surface area (Å²) < 4.78 is 27.0. The number of ether oxygens (including phenoxy) is 5. The van der Waals surface area contributed by atoms with Crippen LogP contribution in [0.5, 0.6) is 34.5 Å². The fraction of sp³-hybridized carbons (Fsp3) is 0.455. The average molecular weight is 420 g/mol. The smallest absolute Gasteiger partial charge is 0.200 e. The van der Waals surface area contributed by atoms with Crippen LogP contribution in [0.3, 0.4) is 0 Å². The van der Waals surface area contributed by atoms with Crippen molar-refractivity contribution in [3.8, 4) is 34.5 Å². The van der Waals surface area contributed by atoms with Gasteiger partial charge in [0.2, 0.25) is 11.5 Å². The van der Waals surface area contributed by atoms with Gasteiger partial charge in [0.1, 0.15) is 0 Å².